The quantitative estimate of drug-likeness (QED) is 0.793. The number of oxazole rings is 1. The van der Waals surface area contributed by atoms with Gasteiger partial charge >= 0.3 is 5.76 Å². The van der Waals surface area contributed by atoms with Crippen molar-refractivity contribution in [2.45, 2.75) is 6.54 Å². The van der Waals surface area contributed by atoms with E-state index in [1.165, 1.54) is 4.57 Å². The highest BCUT2D eigenvalue weighted by Gasteiger charge is 2.09. The summed E-state index contributed by atoms with van der Waals surface area (Å²) in [5.41, 5.74) is 7.31. The molecule has 0 radical (unpaired) electrons. The molecule has 0 spiro atoms. The van der Waals surface area contributed by atoms with E-state index in [0.717, 1.165) is 0 Å². The number of hydrogen-bond acceptors (Lipinski definition) is 3. The van der Waals surface area contributed by atoms with Gasteiger partial charge in [0, 0.05) is 10.7 Å². The van der Waals surface area contributed by atoms with Crippen molar-refractivity contribution in [3.05, 3.63) is 40.4 Å². The largest absolute Gasteiger partial charge is 0.420 e. The number of nitrogen functional groups attached to an aromatic ring is 1. The normalized spacial score (nSPS) is 10.7. The SMILES string of the molecule is C=C(Cl)Cn1c(=O)oc2ccc(N)cc21. The number of allylic oxidation sites excluding steroid dienone is 1. The van der Waals surface area contributed by atoms with E-state index in [2.05, 4.69) is 6.58 Å². The Morgan fingerprint density at radius 2 is 2.33 bits per heavy atom. The molecule has 78 valence electrons. The zero-order valence-corrected chi connectivity index (χ0v) is 8.62. The summed E-state index contributed by atoms with van der Waals surface area (Å²) < 4.78 is 6.40. The molecule has 0 saturated carbocycles. The van der Waals surface area contributed by atoms with Crippen molar-refractivity contribution >= 4 is 28.4 Å². The van der Waals surface area contributed by atoms with Gasteiger partial charge in [-0.1, -0.05) is 18.2 Å². The van der Waals surface area contributed by atoms with Crippen LogP contribution < -0.4 is 11.5 Å². The maximum atomic E-state index is 11.4. The van der Waals surface area contributed by atoms with Crippen molar-refractivity contribution < 1.29 is 4.42 Å². The molecule has 0 amide bonds. The number of nitrogens with two attached hydrogens (primary N) is 1. The lowest BCUT2D eigenvalue weighted by Gasteiger charge is -1.99. The molecule has 0 aliphatic rings. The van der Waals surface area contributed by atoms with E-state index in [4.69, 9.17) is 21.8 Å². The monoisotopic (exact) mass is 224 g/mol. The molecule has 1 heterocycles. The van der Waals surface area contributed by atoms with Gasteiger partial charge in [-0.3, -0.25) is 4.57 Å². The summed E-state index contributed by atoms with van der Waals surface area (Å²) in [5.74, 6) is -0.461. The minimum Gasteiger partial charge on any atom is -0.408 e. The first-order valence-corrected chi connectivity index (χ1v) is 4.68. The van der Waals surface area contributed by atoms with Crippen molar-refractivity contribution in [1.29, 1.82) is 0 Å². The molecule has 4 nitrogen and oxygen atoms in total. The minimum absolute atomic E-state index is 0.219. The Kier molecular flexibility index (Phi) is 2.28. The van der Waals surface area contributed by atoms with E-state index in [1.807, 2.05) is 0 Å². The van der Waals surface area contributed by atoms with Crippen LogP contribution in [0.15, 0.2) is 39.0 Å². The van der Waals surface area contributed by atoms with Crippen LogP contribution in [0.1, 0.15) is 0 Å². The van der Waals surface area contributed by atoms with E-state index in [9.17, 15) is 4.79 Å². The van der Waals surface area contributed by atoms with Gasteiger partial charge in [0.05, 0.1) is 12.1 Å². The number of benzene rings is 1. The van der Waals surface area contributed by atoms with E-state index in [0.29, 0.717) is 21.8 Å². The molecule has 0 aliphatic carbocycles. The summed E-state index contributed by atoms with van der Waals surface area (Å²) in [6.07, 6.45) is 0. The van der Waals surface area contributed by atoms with Gasteiger partial charge < -0.3 is 10.2 Å². The molecule has 2 N–H and O–H groups in total. The molecule has 0 saturated heterocycles. The van der Waals surface area contributed by atoms with E-state index in [-0.39, 0.29) is 6.54 Å². The van der Waals surface area contributed by atoms with E-state index in [1.54, 1.807) is 18.2 Å². The van der Waals surface area contributed by atoms with Crippen LogP contribution in [0.25, 0.3) is 11.1 Å². The lowest BCUT2D eigenvalue weighted by molar-refractivity contribution is 0.519. The third-order valence-electron chi connectivity index (χ3n) is 2.02. The van der Waals surface area contributed by atoms with Gasteiger partial charge in [0.15, 0.2) is 5.58 Å². The molecule has 0 bridgehead atoms. The van der Waals surface area contributed by atoms with Gasteiger partial charge in [-0.2, -0.15) is 0 Å². The Morgan fingerprint density at radius 3 is 3.00 bits per heavy atom. The van der Waals surface area contributed by atoms with Crippen molar-refractivity contribution in [3.63, 3.8) is 0 Å². The molecule has 0 unspecified atom stereocenters. The Morgan fingerprint density at radius 1 is 1.60 bits per heavy atom. The maximum absolute atomic E-state index is 11.4. The number of fused-ring (bicyclic) bond motifs is 1. The van der Waals surface area contributed by atoms with Crippen LogP contribution in [0.3, 0.4) is 0 Å². The smallest absolute Gasteiger partial charge is 0.408 e. The average Bonchev–Trinajstić information content (AvgIpc) is 2.43. The number of rotatable bonds is 2. The van der Waals surface area contributed by atoms with Crippen molar-refractivity contribution in [1.82, 2.24) is 4.57 Å². The number of nitrogens with zero attached hydrogens (tertiary/aromatic N) is 1. The number of anilines is 1. The number of halogens is 1. The third kappa shape index (κ3) is 1.76. The van der Waals surface area contributed by atoms with Crippen LogP contribution in [-0.4, -0.2) is 4.57 Å². The van der Waals surface area contributed by atoms with Gasteiger partial charge in [-0.15, -0.1) is 0 Å². The number of hydrogen-bond donors (Lipinski definition) is 1. The fourth-order valence-electron chi connectivity index (χ4n) is 1.40. The molecule has 0 aliphatic heterocycles. The summed E-state index contributed by atoms with van der Waals surface area (Å²) in [4.78, 5) is 11.4. The van der Waals surface area contributed by atoms with Crippen LogP contribution in [0.4, 0.5) is 5.69 Å². The second-order valence-corrected chi connectivity index (χ2v) is 3.73. The Bertz CT molecular complexity index is 583. The predicted molar refractivity (Wildman–Crippen MR) is 59.9 cm³/mol. The number of aromatic nitrogens is 1. The van der Waals surface area contributed by atoms with E-state index >= 15 is 0 Å². The first kappa shape index (κ1) is 9.86. The van der Waals surface area contributed by atoms with Crippen LogP contribution in [0, 0.1) is 0 Å². The molecule has 0 fully saturated rings. The predicted octanol–water partition coefficient (Wildman–Crippen LogP) is 1.93. The highest BCUT2D eigenvalue weighted by molar-refractivity contribution is 6.29. The zero-order valence-electron chi connectivity index (χ0n) is 7.87. The molecule has 5 heteroatoms. The van der Waals surface area contributed by atoms with Gasteiger partial charge in [0.2, 0.25) is 0 Å². The molecule has 15 heavy (non-hydrogen) atoms. The molecule has 2 aromatic rings. The average molecular weight is 225 g/mol. The van der Waals surface area contributed by atoms with Crippen molar-refractivity contribution in [2.24, 2.45) is 0 Å². The summed E-state index contributed by atoms with van der Waals surface area (Å²) in [7, 11) is 0. The standard InChI is InChI=1S/C10H9ClN2O2/c1-6(11)5-13-8-4-7(12)2-3-9(8)15-10(13)14/h2-4H,1,5,12H2. The molecule has 0 atom stereocenters. The van der Waals surface area contributed by atoms with Crippen LogP contribution in [0.5, 0.6) is 0 Å². The minimum atomic E-state index is -0.461. The van der Waals surface area contributed by atoms with Gasteiger partial charge in [-0.05, 0) is 18.2 Å². The molecule has 1 aromatic heterocycles. The topological polar surface area (TPSA) is 61.2 Å². The van der Waals surface area contributed by atoms with Crippen LogP contribution in [0.2, 0.25) is 0 Å². The van der Waals surface area contributed by atoms with Crippen LogP contribution >= 0.6 is 11.6 Å². The third-order valence-corrected chi connectivity index (χ3v) is 2.14. The summed E-state index contributed by atoms with van der Waals surface area (Å²) >= 11 is 5.65. The first-order chi connectivity index (χ1) is 7.08. The second kappa shape index (κ2) is 3.47. The summed E-state index contributed by atoms with van der Waals surface area (Å²) in [5, 5.41) is 0.363. The van der Waals surface area contributed by atoms with Crippen molar-refractivity contribution in [2.75, 3.05) is 5.73 Å². The second-order valence-electron chi connectivity index (χ2n) is 3.20. The Hall–Kier alpha value is -1.68. The summed E-state index contributed by atoms with van der Waals surface area (Å²) in [6, 6.07) is 4.99. The lowest BCUT2D eigenvalue weighted by atomic mass is 10.3. The molecule has 1 aromatic carbocycles. The fourth-order valence-corrected chi connectivity index (χ4v) is 1.52. The molecule has 2 rings (SSSR count). The van der Waals surface area contributed by atoms with Crippen molar-refractivity contribution in [3.8, 4) is 0 Å². The molecular formula is C10H9ClN2O2. The van der Waals surface area contributed by atoms with Gasteiger partial charge in [0.1, 0.15) is 0 Å². The Balaban J connectivity index is 2.70. The maximum Gasteiger partial charge on any atom is 0.420 e. The Labute approximate surface area is 90.5 Å². The first-order valence-electron chi connectivity index (χ1n) is 4.30. The van der Waals surface area contributed by atoms with Gasteiger partial charge in [-0.25, -0.2) is 4.79 Å². The molecular weight excluding hydrogens is 216 g/mol. The highest BCUT2D eigenvalue weighted by atomic mass is 35.5. The van der Waals surface area contributed by atoms with Gasteiger partial charge in [0.25, 0.3) is 0 Å². The highest BCUT2D eigenvalue weighted by Crippen LogP contribution is 2.17. The lowest BCUT2D eigenvalue weighted by Crippen LogP contribution is -2.14. The summed E-state index contributed by atoms with van der Waals surface area (Å²) in [6.45, 7) is 3.75. The fraction of sp³-hybridized carbons (Fsp3) is 0.100. The van der Waals surface area contributed by atoms with E-state index < -0.39 is 5.76 Å². The van der Waals surface area contributed by atoms with Crippen LogP contribution in [-0.2, 0) is 6.54 Å². The zero-order chi connectivity index (χ0) is 11.0.